The first-order valence-corrected chi connectivity index (χ1v) is 9.66. The number of likely N-dealkylation sites (N-methyl/N-ethyl adjacent to an activating group) is 1. The van der Waals surface area contributed by atoms with E-state index in [4.69, 9.17) is 0 Å². The molecule has 0 aliphatic carbocycles. The molecule has 0 bridgehead atoms. The van der Waals surface area contributed by atoms with E-state index in [0.717, 1.165) is 13.1 Å². The van der Waals surface area contributed by atoms with E-state index >= 15 is 0 Å². The molecule has 0 spiro atoms. The molecule has 0 radical (unpaired) electrons. The molecule has 3 rings (SSSR count). The van der Waals surface area contributed by atoms with Crippen LogP contribution in [-0.2, 0) is 11.2 Å². The molecule has 1 heterocycles. The molecule has 2 aromatic carbocycles. The average molecular weight is 378 g/mol. The Hall–Kier alpha value is -2.99. The predicted molar refractivity (Wildman–Crippen MR) is 111 cm³/mol. The van der Waals surface area contributed by atoms with Crippen molar-refractivity contribution < 1.29 is 4.79 Å². The lowest BCUT2D eigenvalue weighted by Gasteiger charge is -2.30. The number of rotatable bonds is 8. The zero-order valence-electron chi connectivity index (χ0n) is 16.3. The van der Waals surface area contributed by atoms with Gasteiger partial charge in [0.25, 0.3) is 5.56 Å². The topological polar surface area (TPSA) is 78.1 Å². The molecule has 146 valence electrons. The van der Waals surface area contributed by atoms with Crippen LogP contribution in [0.25, 0.3) is 10.8 Å². The van der Waals surface area contributed by atoms with Crippen molar-refractivity contribution in [3.63, 3.8) is 0 Å². The van der Waals surface area contributed by atoms with E-state index in [1.807, 2.05) is 30.3 Å². The van der Waals surface area contributed by atoms with Crippen molar-refractivity contribution >= 4 is 16.7 Å². The van der Waals surface area contributed by atoms with Crippen LogP contribution in [0.15, 0.2) is 59.4 Å². The summed E-state index contributed by atoms with van der Waals surface area (Å²) in [4.78, 5) is 26.8. The molecule has 0 saturated carbocycles. The van der Waals surface area contributed by atoms with Gasteiger partial charge in [-0.3, -0.25) is 14.5 Å². The van der Waals surface area contributed by atoms with E-state index in [2.05, 4.69) is 46.4 Å². The zero-order chi connectivity index (χ0) is 19.9. The Morgan fingerprint density at radius 1 is 1.04 bits per heavy atom. The normalized spacial score (nSPS) is 12.2. The molecule has 1 unspecified atom stereocenters. The standard InChI is InChI=1S/C22H26N4O2/c1-3-26(4-2)20(16-10-6-5-7-11-16)15-23-21(27)14-19-17-12-8-9-13-18(17)22(28)25-24-19/h5-13,20H,3-4,14-15H2,1-2H3,(H,23,27)(H,25,28). The van der Waals surface area contributed by atoms with Gasteiger partial charge in [0.1, 0.15) is 0 Å². The summed E-state index contributed by atoms with van der Waals surface area (Å²) < 4.78 is 0. The number of benzene rings is 2. The van der Waals surface area contributed by atoms with Gasteiger partial charge in [0, 0.05) is 11.9 Å². The molecule has 0 saturated heterocycles. The van der Waals surface area contributed by atoms with Crippen LogP contribution in [0.1, 0.15) is 31.1 Å². The van der Waals surface area contributed by atoms with Crippen LogP contribution >= 0.6 is 0 Å². The first-order chi connectivity index (χ1) is 13.6. The van der Waals surface area contributed by atoms with Gasteiger partial charge in [0.15, 0.2) is 0 Å². The van der Waals surface area contributed by atoms with E-state index in [0.29, 0.717) is 23.0 Å². The van der Waals surface area contributed by atoms with Crippen molar-refractivity contribution in [1.29, 1.82) is 0 Å². The summed E-state index contributed by atoms with van der Waals surface area (Å²) in [6.45, 7) is 6.57. The predicted octanol–water partition coefficient (Wildman–Crippen LogP) is 2.66. The van der Waals surface area contributed by atoms with E-state index in [1.165, 1.54) is 5.56 Å². The van der Waals surface area contributed by atoms with E-state index in [-0.39, 0.29) is 23.9 Å². The maximum absolute atomic E-state index is 12.6. The lowest BCUT2D eigenvalue weighted by atomic mass is 10.0. The largest absolute Gasteiger partial charge is 0.354 e. The number of amides is 1. The Bertz CT molecular complexity index is 980. The summed E-state index contributed by atoms with van der Waals surface area (Å²) in [5.41, 5.74) is 1.51. The Labute approximate surface area is 164 Å². The third-order valence-electron chi connectivity index (χ3n) is 5.03. The van der Waals surface area contributed by atoms with Crippen LogP contribution in [0.4, 0.5) is 0 Å². The third kappa shape index (κ3) is 4.46. The highest BCUT2D eigenvalue weighted by atomic mass is 16.1. The van der Waals surface area contributed by atoms with Crippen molar-refractivity contribution in [2.75, 3.05) is 19.6 Å². The monoisotopic (exact) mass is 378 g/mol. The summed E-state index contributed by atoms with van der Waals surface area (Å²) in [5.74, 6) is -0.113. The summed E-state index contributed by atoms with van der Waals surface area (Å²) in [7, 11) is 0. The minimum absolute atomic E-state index is 0.112. The smallest absolute Gasteiger partial charge is 0.272 e. The van der Waals surface area contributed by atoms with Crippen LogP contribution in [0.2, 0.25) is 0 Å². The fourth-order valence-electron chi connectivity index (χ4n) is 3.53. The second-order valence-electron chi connectivity index (χ2n) is 6.67. The lowest BCUT2D eigenvalue weighted by Crippen LogP contribution is -2.38. The van der Waals surface area contributed by atoms with Crippen LogP contribution in [0.5, 0.6) is 0 Å². The highest BCUT2D eigenvalue weighted by Crippen LogP contribution is 2.19. The molecule has 1 aromatic heterocycles. The number of nitrogens with one attached hydrogen (secondary N) is 2. The molecule has 0 aliphatic heterocycles. The van der Waals surface area contributed by atoms with Crippen LogP contribution in [0, 0.1) is 0 Å². The maximum Gasteiger partial charge on any atom is 0.272 e. The number of carbonyl (C=O) groups excluding carboxylic acids is 1. The van der Waals surface area contributed by atoms with Crippen LogP contribution in [0.3, 0.4) is 0 Å². The van der Waals surface area contributed by atoms with Gasteiger partial charge >= 0.3 is 0 Å². The average Bonchev–Trinajstić information content (AvgIpc) is 2.74. The minimum atomic E-state index is -0.245. The van der Waals surface area contributed by atoms with Crippen molar-refractivity contribution in [2.24, 2.45) is 0 Å². The Morgan fingerprint density at radius 3 is 2.36 bits per heavy atom. The quantitative estimate of drug-likeness (QED) is 0.632. The fraction of sp³-hybridized carbons (Fsp3) is 0.318. The number of aromatic amines is 1. The number of nitrogens with zero attached hydrogens (tertiary/aromatic N) is 2. The molecule has 1 amide bonds. The summed E-state index contributed by atoms with van der Waals surface area (Å²) in [6, 6.07) is 17.5. The summed E-state index contributed by atoms with van der Waals surface area (Å²) in [5, 5.41) is 10.9. The van der Waals surface area contributed by atoms with Crippen molar-refractivity contribution in [1.82, 2.24) is 20.4 Å². The number of hydrogen-bond acceptors (Lipinski definition) is 4. The third-order valence-corrected chi connectivity index (χ3v) is 5.03. The van der Waals surface area contributed by atoms with Gasteiger partial charge in [-0.1, -0.05) is 62.4 Å². The maximum atomic E-state index is 12.6. The fourth-order valence-corrected chi connectivity index (χ4v) is 3.53. The molecule has 1 atom stereocenters. The van der Waals surface area contributed by atoms with E-state index in [1.54, 1.807) is 12.1 Å². The molecule has 28 heavy (non-hydrogen) atoms. The number of aromatic nitrogens is 2. The Balaban J connectivity index is 1.74. The van der Waals surface area contributed by atoms with Crippen molar-refractivity contribution in [3.8, 4) is 0 Å². The molecular weight excluding hydrogens is 352 g/mol. The number of H-pyrrole nitrogens is 1. The van der Waals surface area contributed by atoms with Gasteiger partial charge in [-0.15, -0.1) is 0 Å². The number of carbonyl (C=O) groups is 1. The highest BCUT2D eigenvalue weighted by molar-refractivity contribution is 5.88. The van der Waals surface area contributed by atoms with Gasteiger partial charge in [-0.2, -0.15) is 5.10 Å². The van der Waals surface area contributed by atoms with Gasteiger partial charge < -0.3 is 5.32 Å². The summed E-state index contributed by atoms with van der Waals surface area (Å²) in [6.07, 6.45) is 0.122. The summed E-state index contributed by atoms with van der Waals surface area (Å²) >= 11 is 0. The van der Waals surface area contributed by atoms with Crippen LogP contribution < -0.4 is 10.9 Å². The number of hydrogen-bond donors (Lipinski definition) is 2. The molecule has 6 nitrogen and oxygen atoms in total. The molecule has 3 aromatic rings. The minimum Gasteiger partial charge on any atom is -0.354 e. The van der Waals surface area contributed by atoms with Gasteiger partial charge in [0.2, 0.25) is 5.91 Å². The molecule has 6 heteroatoms. The van der Waals surface area contributed by atoms with Crippen LogP contribution in [-0.4, -0.2) is 40.6 Å². The first kappa shape index (κ1) is 19.8. The van der Waals surface area contributed by atoms with Gasteiger partial charge in [0.05, 0.1) is 23.5 Å². The van der Waals surface area contributed by atoms with E-state index < -0.39 is 0 Å². The molecule has 0 aliphatic rings. The highest BCUT2D eigenvalue weighted by Gasteiger charge is 2.19. The van der Waals surface area contributed by atoms with E-state index in [9.17, 15) is 9.59 Å². The lowest BCUT2D eigenvalue weighted by molar-refractivity contribution is -0.120. The zero-order valence-corrected chi connectivity index (χ0v) is 16.3. The first-order valence-electron chi connectivity index (χ1n) is 9.66. The number of fused-ring (bicyclic) bond motifs is 1. The molecule has 0 fully saturated rings. The molecule has 2 N–H and O–H groups in total. The van der Waals surface area contributed by atoms with Crippen molar-refractivity contribution in [2.45, 2.75) is 26.3 Å². The Morgan fingerprint density at radius 2 is 1.68 bits per heavy atom. The van der Waals surface area contributed by atoms with Crippen molar-refractivity contribution in [3.05, 3.63) is 76.2 Å². The Kier molecular flexibility index (Phi) is 6.55. The van der Waals surface area contributed by atoms with Gasteiger partial charge in [-0.05, 0) is 24.7 Å². The second kappa shape index (κ2) is 9.28. The second-order valence-corrected chi connectivity index (χ2v) is 6.67. The van der Waals surface area contributed by atoms with Gasteiger partial charge in [-0.25, -0.2) is 5.10 Å². The molecular formula is C22H26N4O2. The SMILES string of the molecule is CCN(CC)C(CNC(=O)Cc1n[nH]c(=O)c2ccccc12)c1ccccc1.